The second kappa shape index (κ2) is 6.74. The van der Waals surface area contributed by atoms with Crippen molar-refractivity contribution >= 4 is 17.5 Å². The van der Waals surface area contributed by atoms with Gasteiger partial charge in [0.25, 0.3) is 5.69 Å². The number of carbonyl (C=O) groups is 1. The number of nitro groups is 1. The highest BCUT2D eigenvalue weighted by molar-refractivity contribution is 5.70. The summed E-state index contributed by atoms with van der Waals surface area (Å²) in [5, 5.41) is 14.3. The Morgan fingerprint density at radius 3 is 2.46 bits per heavy atom. The van der Waals surface area contributed by atoms with Gasteiger partial charge in [-0.3, -0.25) is 10.1 Å². The van der Waals surface area contributed by atoms with Crippen LogP contribution in [0.1, 0.15) is 46.5 Å². The van der Waals surface area contributed by atoms with Crippen molar-refractivity contribution in [2.24, 2.45) is 0 Å². The molecule has 0 aliphatic carbocycles. The summed E-state index contributed by atoms with van der Waals surface area (Å²) in [7, 11) is 0. The monoisotopic (exact) mass is 365 g/mol. The van der Waals surface area contributed by atoms with E-state index in [1.807, 2.05) is 25.7 Å². The van der Waals surface area contributed by atoms with Crippen LogP contribution in [0.15, 0.2) is 18.2 Å². The van der Waals surface area contributed by atoms with Gasteiger partial charge < -0.3 is 15.0 Å². The van der Waals surface area contributed by atoms with Gasteiger partial charge in [-0.25, -0.2) is 9.18 Å². The standard InChI is InChI=1S/C18H24FN3O4/c1-18(2,3)26-17(23)21-13-5-6-14(21)10-12(9-13)20-15-7-4-11(19)8-16(15)22(24)25/h4,7-8,12-14,20H,5-6,9-10H2,1-3H3/t12-,13+,14-. The Balaban J connectivity index is 1.70. The first-order valence-corrected chi connectivity index (χ1v) is 8.86. The second-order valence-electron chi connectivity index (χ2n) is 8.00. The zero-order valence-corrected chi connectivity index (χ0v) is 15.2. The van der Waals surface area contributed by atoms with Crippen LogP contribution >= 0.6 is 0 Å². The first-order valence-electron chi connectivity index (χ1n) is 8.86. The molecule has 1 aromatic rings. The van der Waals surface area contributed by atoms with E-state index < -0.39 is 16.3 Å². The van der Waals surface area contributed by atoms with E-state index in [0.29, 0.717) is 18.5 Å². The minimum Gasteiger partial charge on any atom is -0.444 e. The van der Waals surface area contributed by atoms with Crippen LogP contribution in [-0.2, 0) is 4.74 Å². The molecule has 1 N–H and O–H groups in total. The lowest BCUT2D eigenvalue weighted by Gasteiger charge is -2.39. The van der Waals surface area contributed by atoms with Crippen molar-refractivity contribution in [3.05, 3.63) is 34.1 Å². The van der Waals surface area contributed by atoms with Crippen molar-refractivity contribution in [3.8, 4) is 0 Å². The average Bonchev–Trinajstić information content (AvgIpc) is 2.79. The third-order valence-electron chi connectivity index (χ3n) is 4.85. The van der Waals surface area contributed by atoms with Gasteiger partial charge in [0, 0.05) is 18.1 Å². The molecule has 0 unspecified atom stereocenters. The summed E-state index contributed by atoms with van der Waals surface area (Å²) in [6.07, 6.45) is 2.87. The number of nitrogens with one attached hydrogen (secondary N) is 1. The Labute approximate surface area is 151 Å². The number of halogens is 1. The Bertz CT molecular complexity index is 705. The third kappa shape index (κ3) is 3.89. The molecule has 2 bridgehead atoms. The number of fused-ring (bicyclic) bond motifs is 2. The number of anilines is 1. The van der Waals surface area contributed by atoms with Gasteiger partial charge in [-0.2, -0.15) is 0 Å². The van der Waals surface area contributed by atoms with Crippen LogP contribution in [0, 0.1) is 15.9 Å². The van der Waals surface area contributed by atoms with Crippen LogP contribution in [-0.4, -0.2) is 39.6 Å². The molecule has 0 aromatic heterocycles. The highest BCUT2D eigenvalue weighted by atomic mass is 19.1. The number of rotatable bonds is 3. The van der Waals surface area contributed by atoms with Gasteiger partial charge in [0.15, 0.2) is 0 Å². The maximum absolute atomic E-state index is 13.3. The van der Waals surface area contributed by atoms with Crippen molar-refractivity contribution in [1.29, 1.82) is 0 Å². The van der Waals surface area contributed by atoms with E-state index in [1.165, 1.54) is 12.1 Å². The molecular weight excluding hydrogens is 341 g/mol. The Kier molecular flexibility index (Phi) is 4.77. The van der Waals surface area contributed by atoms with Gasteiger partial charge >= 0.3 is 6.09 Å². The van der Waals surface area contributed by atoms with Crippen molar-refractivity contribution in [3.63, 3.8) is 0 Å². The zero-order chi connectivity index (χ0) is 19.1. The largest absolute Gasteiger partial charge is 0.444 e. The number of benzene rings is 1. The molecule has 7 nitrogen and oxygen atoms in total. The summed E-state index contributed by atoms with van der Waals surface area (Å²) in [6, 6.07) is 3.64. The number of amides is 1. The minimum atomic E-state index is -0.637. The average molecular weight is 365 g/mol. The smallest absolute Gasteiger partial charge is 0.410 e. The molecule has 1 aromatic carbocycles. The van der Waals surface area contributed by atoms with Gasteiger partial charge in [0.05, 0.1) is 11.0 Å². The van der Waals surface area contributed by atoms with Crippen molar-refractivity contribution < 1.29 is 18.8 Å². The molecule has 26 heavy (non-hydrogen) atoms. The van der Waals surface area contributed by atoms with E-state index in [9.17, 15) is 19.3 Å². The summed E-state index contributed by atoms with van der Waals surface area (Å²) in [5.41, 5.74) is -0.501. The summed E-state index contributed by atoms with van der Waals surface area (Å²) < 4.78 is 18.8. The van der Waals surface area contributed by atoms with Gasteiger partial charge in [0.1, 0.15) is 17.1 Å². The van der Waals surface area contributed by atoms with Crippen LogP contribution in [0.4, 0.5) is 20.6 Å². The molecule has 2 aliphatic rings. The fourth-order valence-electron chi connectivity index (χ4n) is 3.91. The van der Waals surface area contributed by atoms with Gasteiger partial charge in [-0.15, -0.1) is 0 Å². The molecule has 1 amide bonds. The van der Waals surface area contributed by atoms with Crippen LogP contribution in [0.25, 0.3) is 0 Å². The highest BCUT2D eigenvalue weighted by Gasteiger charge is 2.45. The quantitative estimate of drug-likeness (QED) is 0.644. The number of nitro benzene ring substituents is 1. The maximum Gasteiger partial charge on any atom is 0.410 e. The molecule has 0 saturated carbocycles. The van der Waals surface area contributed by atoms with Crippen molar-refractivity contribution in [2.75, 3.05) is 5.32 Å². The SMILES string of the molecule is CC(C)(C)OC(=O)N1[C@@H]2CC[C@H]1C[C@@H](Nc1ccc(F)cc1[N+](=O)[O-])C2. The normalized spacial score (nSPS) is 25.1. The third-order valence-corrected chi connectivity index (χ3v) is 4.85. The number of hydrogen-bond acceptors (Lipinski definition) is 5. The molecule has 2 heterocycles. The highest BCUT2D eigenvalue weighted by Crippen LogP contribution is 2.38. The number of nitrogens with zero attached hydrogens (tertiary/aromatic N) is 2. The van der Waals surface area contributed by atoms with E-state index in [2.05, 4.69) is 5.32 Å². The van der Waals surface area contributed by atoms with Crippen molar-refractivity contribution in [1.82, 2.24) is 4.90 Å². The lowest BCUT2D eigenvalue weighted by molar-refractivity contribution is -0.384. The molecule has 0 radical (unpaired) electrons. The lowest BCUT2D eigenvalue weighted by atomic mass is 9.97. The summed E-state index contributed by atoms with van der Waals surface area (Å²) in [4.78, 5) is 24.9. The van der Waals surface area contributed by atoms with E-state index >= 15 is 0 Å². The van der Waals surface area contributed by atoms with Crippen LogP contribution in [0.5, 0.6) is 0 Å². The fraction of sp³-hybridized carbons (Fsp3) is 0.611. The molecule has 2 fully saturated rings. The molecule has 8 heteroatoms. The Morgan fingerprint density at radius 2 is 1.92 bits per heavy atom. The topological polar surface area (TPSA) is 84.7 Å². The second-order valence-corrected chi connectivity index (χ2v) is 8.00. The van der Waals surface area contributed by atoms with Gasteiger partial charge in [-0.05, 0) is 58.6 Å². The molecule has 3 rings (SSSR count). The van der Waals surface area contributed by atoms with Crippen molar-refractivity contribution in [2.45, 2.75) is 70.2 Å². The number of hydrogen-bond donors (Lipinski definition) is 1. The molecule has 2 saturated heterocycles. The number of carbonyl (C=O) groups excluding carboxylic acids is 1. The molecule has 142 valence electrons. The van der Waals surface area contributed by atoms with E-state index in [4.69, 9.17) is 4.74 Å². The predicted molar refractivity (Wildman–Crippen MR) is 94.6 cm³/mol. The summed E-state index contributed by atoms with van der Waals surface area (Å²) >= 11 is 0. The van der Waals surface area contributed by atoms with E-state index in [-0.39, 0.29) is 29.9 Å². The van der Waals surface area contributed by atoms with Gasteiger partial charge in [0.2, 0.25) is 0 Å². The lowest BCUT2D eigenvalue weighted by Crippen LogP contribution is -2.51. The van der Waals surface area contributed by atoms with Crippen LogP contribution < -0.4 is 5.32 Å². The number of piperidine rings is 1. The van der Waals surface area contributed by atoms with E-state index in [0.717, 1.165) is 18.9 Å². The number of ether oxygens (including phenoxy) is 1. The summed E-state index contributed by atoms with van der Waals surface area (Å²) in [6.45, 7) is 5.53. The fourth-order valence-corrected chi connectivity index (χ4v) is 3.91. The molecule has 3 atom stereocenters. The Hall–Kier alpha value is -2.38. The predicted octanol–water partition coefficient (Wildman–Crippen LogP) is 4.08. The van der Waals surface area contributed by atoms with Crippen LogP contribution in [0.3, 0.4) is 0 Å². The first-order chi connectivity index (χ1) is 12.1. The van der Waals surface area contributed by atoms with Crippen LogP contribution in [0.2, 0.25) is 0 Å². The Morgan fingerprint density at radius 1 is 1.31 bits per heavy atom. The van der Waals surface area contributed by atoms with Gasteiger partial charge in [-0.1, -0.05) is 0 Å². The maximum atomic E-state index is 13.3. The molecule has 0 spiro atoms. The first kappa shape index (κ1) is 18.4. The minimum absolute atomic E-state index is 0.00431. The van der Waals surface area contributed by atoms with E-state index in [1.54, 1.807) is 0 Å². The zero-order valence-electron chi connectivity index (χ0n) is 15.2. The molecular formula is C18H24FN3O4. The summed E-state index contributed by atoms with van der Waals surface area (Å²) in [5.74, 6) is -0.637. The molecule has 2 aliphatic heterocycles.